The van der Waals surface area contributed by atoms with Crippen LogP contribution in [0.5, 0.6) is 5.75 Å². The molecule has 2 aromatic carbocycles. The summed E-state index contributed by atoms with van der Waals surface area (Å²) in [6, 6.07) is 12.5. The lowest BCUT2D eigenvalue weighted by atomic mass is 10.1. The number of benzene rings is 2. The van der Waals surface area contributed by atoms with Crippen molar-refractivity contribution in [2.75, 3.05) is 0 Å². The first-order chi connectivity index (χ1) is 12.8. The topological polar surface area (TPSA) is 58.6 Å². The number of amides is 3. The van der Waals surface area contributed by atoms with E-state index in [2.05, 4.69) is 5.32 Å². The summed E-state index contributed by atoms with van der Waals surface area (Å²) in [6.45, 7) is 6.03. The molecule has 1 aliphatic heterocycles. The summed E-state index contributed by atoms with van der Waals surface area (Å²) in [4.78, 5) is 26.0. The van der Waals surface area contributed by atoms with Gasteiger partial charge in [0.25, 0.3) is 5.91 Å². The Balaban J connectivity index is 1.79. The van der Waals surface area contributed by atoms with Crippen LogP contribution in [0.3, 0.4) is 0 Å². The van der Waals surface area contributed by atoms with Gasteiger partial charge in [0.1, 0.15) is 11.4 Å². The lowest BCUT2D eigenvalue weighted by molar-refractivity contribution is -0.123. The van der Waals surface area contributed by atoms with Crippen LogP contribution in [0, 0.1) is 6.92 Å². The van der Waals surface area contributed by atoms with E-state index < -0.39 is 6.03 Å². The molecule has 6 heteroatoms. The lowest BCUT2D eigenvalue weighted by Gasteiger charge is -2.12. The quantitative estimate of drug-likeness (QED) is 0.608. The Morgan fingerprint density at radius 1 is 1.19 bits per heavy atom. The van der Waals surface area contributed by atoms with Gasteiger partial charge in [-0.25, -0.2) is 4.79 Å². The van der Waals surface area contributed by atoms with E-state index in [9.17, 15) is 9.59 Å². The lowest BCUT2D eigenvalue weighted by Crippen LogP contribution is -2.30. The summed E-state index contributed by atoms with van der Waals surface area (Å²) in [5.74, 6) is 0.219. The van der Waals surface area contributed by atoms with Crippen molar-refractivity contribution in [1.82, 2.24) is 10.2 Å². The summed E-state index contributed by atoms with van der Waals surface area (Å²) in [5.41, 5.74) is 2.91. The third-order valence-corrected chi connectivity index (χ3v) is 4.31. The molecule has 1 heterocycles. The Hall–Kier alpha value is -2.79. The van der Waals surface area contributed by atoms with Gasteiger partial charge in [-0.2, -0.15) is 0 Å². The maximum atomic E-state index is 12.6. The number of carbonyl (C=O) groups is 2. The number of urea groups is 1. The van der Waals surface area contributed by atoms with Crippen molar-refractivity contribution in [2.24, 2.45) is 0 Å². The average Bonchev–Trinajstić information content (AvgIpc) is 2.85. The molecule has 1 aliphatic rings. The van der Waals surface area contributed by atoms with Gasteiger partial charge in [-0.3, -0.25) is 9.69 Å². The maximum absolute atomic E-state index is 12.6. The molecule has 27 heavy (non-hydrogen) atoms. The molecule has 0 saturated carbocycles. The third-order valence-electron chi connectivity index (χ3n) is 4.02. The number of aryl methyl sites for hydroxylation is 1. The van der Waals surface area contributed by atoms with Crippen molar-refractivity contribution in [3.8, 4) is 5.75 Å². The number of hydrogen-bond acceptors (Lipinski definition) is 3. The van der Waals surface area contributed by atoms with Crippen molar-refractivity contribution in [3.05, 3.63) is 69.9 Å². The largest absolute Gasteiger partial charge is 0.489 e. The minimum atomic E-state index is -0.432. The summed E-state index contributed by atoms with van der Waals surface area (Å²) >= 11 is 6.24. The molecular weight excluding hydrogens is 364 g/mol. The van der Waals surface area contributed by atoms with Gasteiger partial charge in [0, 0.05) is 0 Å². The molecule has 0 unspecified atom stereocenters. The van der Waals surface area contributed by atoms with E-state index in [0.717, 1.165) is 11.1 Å². The highest BCUT2D eigenvalue weighted by atomic mass is 35.5. The summed E-state index contributed by atoms with van der Waals surface area (Å²) < 4.78 is 5.60. The Kier molecular flexibility index (Phi) is 5.51. The van der Waals surface area contributed by atoms with Gasteiger partial charge in [0.2, 0.25) is 0 Å². The monoisotopic (exact) mass is 384 g/mol. The highest BCUT2D eigenvalue weighted by Crippen LogP contribution is 2.28. The second-order valence-electron chi connectivity index (χ2n) is 6.72. The van der Waals surface area contributed by atoms with Crippen molar-refractivity contribution >= 4 is 29.6 Å². The zero-order valence-corrected chi connectivity index (χ0v) is 16.2. The van der Waals surface area contributed by atoms with Crippen molar-refractivity contribution in [1.29, 1.82) is 0 Å². The van der Waals surface area contributed by atoms with Crippen LogP contribution in [0.25, 0.3) is 6.08 Å². The minimum absolute atomic E-state index is 0.0117. The van der Waals surface area contributed by atoms with E-state index in [1.807, 2.05) is 45.0 Å². The van der Waals surface area contributed by atoms with Gasteiger partial charge < -0.3 is 10.1 Å². The molecule has 0 radical (unpaired) electrons. The molecule has 3 amide bonds. The fraction of sp³-hybridized carbons (Fsp3) is 0.238. The van der Waals surface area contributed by atoms with E-state index in [4.69, 9.17) is 16.3 Å². The van der Waals surface area contributed by atoms with Crippen molar-refractivity contribution < 1.29 is 14.3 Å². The van der Waals surface area contributed by atoms with Gasteiger partial charge in [-0.1, -0.05) is 47.5 Å². The van der Waals surface area contributed by atoms with Crippen LogP contribution < -0.4 is 10.1 Å². The Labute approximate surface area is 163 Å². The number of hydrogen-bond donors (Lipinski definition) is 1. The van der Waals surface area contributed by atoms with Crippen LogP contribution in [-0.2, 0) is 11.3 Å². The molecule has 140 valence electrons. The van der Waals surface area contributed by atoms with Crippen LogP contribution >= 0.6 is 11.6 Å². The predicted octanol–water partition coefficient (Wildman–Crippen LogP) is 4.53. The van der Waals surface area contributed by atoms with Crippen LogP contribution in [-0.4, -0.2) is 22.9 Å². The molecule has 0 atom stereocenters. The minimum Gasteiger partial charge on any atom is -0.489 e. The first kappa shape index (κ1) is 19.0. The number of halogens is 1. The number of ether oxygens (including phenoxy) is 1. The van der Waals surface area contributed by atoms with E-state index in [1.54, 1.807) is 24.3 Å². The zero-order chi connectivity index (χ0) is 19.6. The fourth-order valence-corrected chi connectivity index (χ4v) is 3.06. The molecule has 5 nitrogen and oxygen atoms in total. The molecule has 1 saturated heterocycles. The van der Waals surface area contributed by atoms with Crippen LogP contribution in [0.2, 0.25) is 5.02 Å². The number of carbonyl (C=O) groups excluding carboxylic acids is 2. The van der Waals surface area contributed by atoms with Crippen molar-refractivity contribution in [3.63, 3.8) is 0 Å². The molecule has 0 aromatic heterocycles. The first-order valence-corrected chi connectivity index (χ1v) is 9.07. The van der Waals surface area contributed by atoms with E-state index >= 15 is 0 Å². The molecule has 0 aliphatic carbocycles. The van der Waals surface area contributed by atoms with E-state index in [0.29, 0.717) is 16.3 Å². The van der Waals surface area contributed by atoms with E-state index in [1.165, 1.54) is 4.90 Å². The Morgan fingerprint density at radius 2 is 1.96 bits per heavy atom. The second kappa shape index (κ2) is 7.84. The van der Waals surface area contributed by atoms with Crippen LogP contribution in [0.15, 0.2) is 48.2 Å². The fourth-order valence-electron chi connectivity index (χ4n) is 2.83. The van der Waals surface area contributed by atoms with Gasteiger partial charge >= 0.3 is 6.03 Å². The molecule has 0 bridgehead atoms. The summed E-state index contributed by atoms with van der Waals surface area (Å²) in [7, 11) is 0. The molecule has 3 rings (SSSR count). The zero-order valence-electron chi connectivity index (χ0n) is 15.5. The highest BCUT2D eigenvalue weighted by molar-refractivity contribution is 6.32. The standard InChI is InChI=1S/C21H21ClN2O3/c1-13(2)27-19-8-7-15(10-17(19)22)11-18-20(25)24(21(26)23-18)12-16-6-4-5-14(3)9-16/h4-11,13H,12H2,1-3H3,(H,23,26)/b18-11+. The normalized spacial score (nSPS) is 15.6. The molecule has 0 spiro atoms. The predicted molar refractivity (Wildman–Crippen MR) is 105 cm³/mol. The Bertz CT molecular complexity index is 921. The van der Waals surface area contributed by atoms with Gasteiger partial charge in [-0.05, 0) is 50.1 Å². The van der Waals surface area contributed by atoms with Crippen molar-refractivity contribution in [2.45, 2.75) is 33.4 Å². The SMILES string of the molecule is Cc1cccc(CN2C(=O)N/C(=C/c3ccc(OC(C)C)c(Cl)c3)C2=O)c1. The third kappa shape index (κ3) is 4.49. The Morgan fingerprint density at radius 3 is 2.63 bits per heavy atom. The molecule has 1 fully saturated rings. The maximum Gasteiger partial charge on any atom is 0.329 e. The number of nitrogens with zero attached hydrogens (tertiary/aromatic N) is 1. The number of rotatable bonds is 5. The molecular formula is C21H21ClN2O3. The highest BCUT2D eigenvalue weighted by Gasteiger charge is 2.33. The smallest absolute Gasteiger partial charge is 0.329 e. The second-order valence-corrected chi connectivity index (χ2v) is 7.13. The van der Waals surface area contributed by atoms with Crippen LogP contribution in [0.4, 0.5) is 4.79 Å². The van der Waals surface area contributed by atoms with E-state index in [-0.39, 0.29) is 24.3 Å². The van der Waals surface area contributed by atoms with Crippen LogP contribution in [0.1, 0.15) is 30.5 Å². The molecule has 1 N–H and O–H groups in total. The van der Waals surface area contributed by atoms with Gasteiger partial charge in [0.05, 0.1) is 17.7 Å². The summed E-state index contributed by atoms with van der Waals surface area (Å²) in [5, 5.41) is 3.08. The summed E-state index contributed by atoms with van der Waals surface area (Å²) in [6.07, 6.45) is 1.62. The average molecular weight is 385 g/mol. The first-order valence-electron chi connectivity index (χ1n) is 8.70. The van der Waals surface area contributed by atoms with Gasteiger partial charge in [0.15, 0.2) is 0 Å². The number of imide groups is 1. The molecule has 2 aromatic rings. The van der Waals surface area contributed by atoms with Gasteiger partial charge in [-0.15, -0.1) is 0 Å². The number of nitrogens with one attached hydrogen (secondary N) is 1.